The summed E-state index contributed by atoms with van der Waals surface area (Å²) in [5.41, 5.74) is 6.71. The van der Waals surface area contributed by atoms with E-state index in [0.717, 1.165) is 113 Å². The molecule has 0 spiro atoms. The standard InChI is InChI=1S/C30H40F3N3O2.C27H33F3N2O2/c1-21-22(2)28(38-19-6-5-16-34(3)4)15-14-26(21)27-9-7-8-25-20-35(17-18-36(25)27)29(37)23-10-12-24(13-11-23)30(31,32)33;1-4-16-34-25-13-12-23(18(2)19(25)3)24-7-5-6-22-17-31(14-15-32(22)24)26(33)20-8-10-21(11-9-20)27(28,29)30/h10-15,25,27H,5-9,16-20H2,1-4H3;8-13,22,24H,4-7,14-17H2,1-3H3/t25-,27?;22-,24?/m00/s1. The fourth-order valence-corrected chi connectivity index (χ4v) is 11.1. The van der Waals surface area contributed by atoms with Crippen molar-refractivity contribution < 1.29 is 45.4 Å². The van der Waals surface area contributed by atoms with Crippen molar-refractivity contribution in [2.45, 2.75) is 129 Å². The molecule has 4 aliphatic rings. The second-order valence-corrected chi connectivity index (χ2v) is 20.3. The number of nitrogens with zero attached hydrogens (tertiary/aromatic N) is 5. The first-order chi connectivity index (χ1) is 34.3. The zero-order valence-electron chi connectivity index (χ0n) is 43.1. The molecule has 0 radical (unpaired) electrons. The molecule has 0 aliphatic carbocycles. The average molecular weight is 1010 g/mol. The number of halogens is 6. The SMILES string of the molecule is CCCOc1ccc(C2CCC[C@H]3CN(C(=O)c4ccc(C(F)(F)F)cc4)CCN23)c(C)c1C.Cc1c(OCCCCN(C)C)ccc(C2CCC[C@H]3CN(C(=O)c4ccc(C(F)(F)F)cc4)CCN23)c1C. The smallest absolute Gasteiger partial charge is 0.416 e. The van der Waals surface area contributed by atoms with Crippen LogP contribution in [0.25, 0.3) is 0 Å². The van der Waals surface area contributed by atoms with Crippen molar-refractivity contribution in [2.24, 2.45) is 0 Å². The lowest BCUT2D eigenvalue weighted by Gasteiger charge is -2.49. The molecule has 4 aromatic rings. The number of carbonyl (C=O) groups is 2. The van der Waals surface area contributed by atoms with Crippen molar-refractivity contribution in [2.75, 3.05) is 73.1 Å². The molecule has 4 saturated heterocycles. The number of rotatable bonds is 13. The second kappa shape index (κ2) is 23.8. The summed E-state index contributed by atoms with van der Waals surface area (Å²) in [6.07, 6.45) is 0.656. The Bertz CT molecular complexity index is 2460. The van der Waals surface area contributed by atoms with Gasteiger partial charge in [0.1, 0.15) is 11.5 Å². The maximum atomic E-state index is 13.1. The van der Waals surface area contributed by atoms with Crippen LogP contribution in [-0.4, -0.2) is 122 Å². The minimum Gasteiger partial charge on any atom is -0.493 e. The van der Waals surface area contributed by atoms with Gasteiger partial charge in [0.25, 0.3) is 11.8 Å². The van der Waals surface area contributed by atoms with E-state index >= 15 is 0 Å². The van der Waals surface area contributed by atoms with E-state index in [1.165, 1.54) is 57.6 Å². The summed E-state index contributed by atoms with van der Waals surface area (Å²) < 4.78 is 89.3. The summed E-state index contributed by atoms with van der Waals surface area (Å²) in [6.45, 7) is 17.0. The number of alkyl halides is 6. The molecule has 4 aliphatic heterocycles. The van der Waals surface area contributed by atoms with Gasteiger partial charge < -0.3 is 24.2 Å². The van der Waals surface area contributed by atoms with E-state index < -0.39 is 23.5 Å². The van der Waals surface area contributed by atoms with Crippen molar-refractivity contribution >= 4 is 11.8 Å². The molecule has 4 atom stereocenters. The number of hydrogen-bond donors (Lipinski definition) is 0. The normalized spacial score (nSPS) is 20.9. The quantitative estimate of drug-likeness (QED) is 0.0976. The molecular formula is C57H73F6N5O4. The molecule has 392 valence electrons. The van der Waals surface area contributed by atoms with Gasteiger partial charge in [0, 0.05) is 74.6 Å². The Balaban J connectivity index is 0.000000213. The molecule has 4 fully saturated rings. The highest BCUT2D eigenvalue weighted by molar-refractivity contribution is 5.95. The molecule has 2 amide bonds. The molecule has 15 heteroatoms. The highest BCUT2D eigenvalue weighted by atomic mass is 19.4. The molecule has 4 aromatic carbocycles. The van der Waals surface area contributed by atoms with E-state index in [0.29, 0.717) is 62.6 Å². The molecule has 8 rings (SSSR count). The van der Waals surface area contributed by atoms with Gasteiger partial charge in [0.2, 0.25) is 0 Å². The van der Waals surface area contributed by atoms with Gasteiger partial charge in [-0.3, -0.25) is 19.4 Å². The summed E-state index contributed by atoms with van der Waals surface area (Å²) in [6, 6.07) is 18.8. The van der Waals surface area contributed by atoms with Crippen LogP contribution >= 0.6 is 0 Å². The monoisotopic (exact) mass is 1010 g/mol. The Hall–Kier alpha value is -5.12. The van der Waals surface area contributed by atoms with Crippen LogP contribution in [0.4, 0.5) is 26.3 Å². The van der Waals surface area contributed by atoms with Gasteiger partial charge in [-0.05, 0) is 200 Å². The van der Waals surface area contributed by atoms with Crippen LogP contribution in [0, 0.1) is 27.7 Å². The maximum absolute atomic E-state index is 13.1. The topological polar surface area (TPSA) is 68.8 Å². The average Bonchev–Trinajstić information content (AvgIpc) is 3.36. The summed E-state index contributed by atoms with van der Waals surface area (Å²) in [7, 11) is 4.17. The highest BCUT2D eigenvalue weighted by Crippen LogP contribution is 2.42. The van der Waals surface area contributed by atoms with Gasteiger partial charge in [-0.25, -0.2) is 0 Å². The Morgan fingerprint density at radius 3 is 1.36 bits per heavy atom. The van der Waals surface area contributed by atoms with Gasteiger partial charge in [0.05, 0.1) is 24.3 Å². The Morgan fingerprint density at radius 1 is 0.556 bits per heavy atom. The summed E-state index contributed by atoms with van der Waals surface area (Å²) in [4.78, 5) is 37.0. The van der Waals surface area contributed by atoms with Gasteiger partial charge in [-0.2, -0.15) is 26.3 Å². The van der Waals surface area contributed by atoms with E-state index in [2.05, 4.69) is 87.7 Å². The van der Waals surface area contributed by atoms with Gasteiger partial charge >= 0.3 is 12.4 Å². The fraction of sp³-hybridized carbons (Fsp3) is 0.544. The molecular weight excluding hydrogens is 933 g/mol. The van der Waals surface area contributed by atoms with E-state index in [1.54, 1.807) is 9.80 Å². The summed E-state index contributed by atoms with van der Waals surface area (Å²) in [5.74, 6) is 1.51. The van der Waals surface area contributed by atoms with Crippen LogP contribution in [0.2, 0.25) is 0 Å². The minimum absolute atomic E-state index is 0.194. The number of hydrogen-bond acceptors (Lipinski definition) is 7. The Morgan fingerprint density at radius 2 is 0.972 bits per heavy atom. The third-order valence-electron chi connectivity index (χ3n) is 15.4. The number of fused-ring (bicyclic) bond motifs is 2. The van der Waals surface area contributed by atoms with Crippen LogP contribution < -0.4 is 9.47 Å². The lowest BCUT2D eigenvalue weighted by molar-refractivity contribution is -0.138. The van der Waals surface area contributed by atoms with Crippen LogP contribution in [0.15, 0.2) is 72.8 Å². The number of unbranched alkanes of at least 4 members (excludes halogenated alkanes) is 1. The van der Waals surface area contributed by atoms with Crippen molar-refractivity contribution in [1.29, 1.82) is 0 Å². The molecule has 0 saturated carbocycles. The number of ether oxygens (including phenoxy) is 2. The third kappa shape index (κ3) is 13.0. The van der Waals surface area contributed by atoms with E-state index in [-0.39, 0.29) is 23.9 Å². The molecule has 0 N–H and O–H groups in total. The molecule has 0 aromatic heterocycles. The van der Waals surface area contributed by atoms with Crippen molar-refractivity contribution in [3.63, 3.8) is 0 Å². The van der Waals surface area contributed by atoms with Crippen LogP contribution in [0.3, 0.4) is 0 Å². The minimum atomic E-state index is -4.41. The van der Waals surface area contributed by atoms with Crippen LogP contribution in [0.1, 0.15) is 142 Å². The molecule has 4 heterocycles. The zero-order valence-corrected chi connectivity index (χ0v) is 43.1. The van der Waals surface area contributed by atoms with E-state index in [9.17, 15) is 35.9 Å². The summed E-state index contributed by atoms with van der Waals surface area (Å²) >= 11 is 0. The highest BCUT2D eigenvalue weighted by Gasteiger charge is 2.40. The first kappa shape index (κ1) is 54.6. The van der Waals surface area contributed by atoms with E-state index in [4.69, 9.17) is 9.47 Å². The number of piperazine rings is 2. The van der Waals surface area contributed by atoms with Gasteiger partial charge in [-0.15, -0.1) is 0 Å². The van der Waals surface area contributed by atoms with Crippen LogP contribution in [-0.2, 0) is 12.4 Å². The largest absolute Gasteiger partial charge is 0.493 e. The Kier molecular flexibility index (Phi) is 18.1. The summed E-state index contributed by atoms with van der Waals surface area (Å²) in [5, 5.41) is 0. The number of amides is 2. The molecule has 9 nitrogen and oxygen atoms in total. The van der Waals surface area contributed by atoms with Gasteiger partial charge in [-0.1, -0.05) is 19.1 Å². The first-order valence-corrected chi connectivity index (χ1v) is 25.8. The van der Waals surface area contributed by atoms with Crippen molar-refractivity contribution in [3.8, 4) is 11.5 Å². The van der Waals surface area contributed by atoms with Crippen molar-refractivity contribution in [3.05, 3.63) is 128 Å². The van der Waals surface area contributed by atoms with Crippen molar-refractivity contribution in [1.82, 2.24) is 24.5 Å². The number of carbonyl (C=O) groups excluding carboxylic acids is 2. The molecule has 72 heavy (non-hydrogen) atoms. The zero-order chi connectivity index (χ0) is 51.9. The third-order valence-corrected chi connectivity index (χ3v) is 15.4. The molecule has 0 bridgehead atoms. The van der Waals surface area contributed by atoms with Crippen LogP contribution in [0.5, 0.6) is 11.5 Å². The molecule has 2 unspecified atom stereocenters. The number of piperidine rings is 2. The fourth-order valence-electron chi connectivity index (χ4n) is 11.1. The number of benzene rings is 4. The first-order valence-electron chi connectivity index (χ1n) is 25.8. The lowest BCUT2D eigenvalue weighted by atomic mass is 9.86. The lowest BCUT2D eigenvalue weighted by Crippen LogP contribution is -2.57. The maximum Gasteiger partial charge on any atom is 0.416 e. The van der Waals surface area contributed by atoms with Gasteiger partial charge in [0.15, 0.2) is 0 Å². The van der Waals surface area contributed by atoms with E-state index in [1.807, 2.05) is 0 Å². The predicted molar refractivity (Wildman–Crippen MR) is 270 cm³/mol. The second-order valence-electron chi connectivity index (χ2n) is 20.3. The Labute approximate surface area is 422 Å². The predicted octanol–water partition coefficient (Wildman–Crippen LogP) is 12.3.